The summed E-state index contributed by atoms with van der Waals surface area (Å²) >= 11 is 0. The van der Waals surface area contributed by atoms with Crippen LogP contribution in [0.2, 0.25) is 0 Å². The van der Waals surface area contributed by atoms with Crippen molar-refractivity contribution in [1.82, 2.24) is 9.80 Å². The second-order valence-corrected chi connectivity index (χ2v) is 11.4. The van der Waals surface area contributed by atoms with Gasteiger partial charge in [-0.05, 0) is 53.1 Å². The van der Waals surface area contributed by atoms with E-state index in [0.717, 1.165) is 31.5 Å². The van der Waals surface area contributed by atoms with Crippen molar-refractivity contribution in [1.29, 1.82) is 0 Å². The number of nitrogens with zero attached hydrogens (tertiary/aromatic N) is 2. The van der Waals surface area contributed by atoms with Crippen molar-refractivity contribution in [2.75, 3.05) is 7.05 Å². The van der Waals surface area contributed by atoms with Crippen LogP contribution in [-0.4, -0.2) is 28.8 Å². The third-order valence-corrected chi connectivity index (χ3v) is 8.45. The first-order chi connectivity index (χ1) is 21.1. The third-order valence-electron chi connectivity index (χ3n) is 8.45. The average Bonchev–Trinajstić information content (AvgIpc) is 3.07. The zero-order valence-corrected chi connectivity index (χ0v) is 25.3. The molecule has 0 spiro atoms. The van der Waals surface area contributed by atoms with Crippen molar-refractivity contribution in [2.45, 2.75) is 51.4 Å². The Kier molecular flexibility index (Phi) is 10.6. The summed E-state index contributed by atoms with van der Waals surface area (Å²) in [7, 11) is 1.93. The molecule has 0 saturated heterocycles. The Morgan fingerprint density at radius 1 is 0.581 bits per heavy atom. The largest absolute Gasteiger partial charge is 0.339 e. The predicted molar refractivity (Wildman–Crippen MR) is 178 cm³/mol. The van der Waals surface area contributed by atoms with Crippen molar-refractivity contribution in [3.63, 3.8) is 0 Å². The molecule has 0 aliphatic carbocycles. The Morgan fingerprint density at radius 3 is 1.58 bits per heavy atom. The molecule has 0 radical (unpaired) electrons. The molecule has 218 valence electrons. The molecule has 3 nitrogen and oxygen atoms in total. The van der Waals surface area contributed by atoms with Crippen LogP contribution in [0.4, 0.5) is 0 Å². The summed E-state index contributed by atoms with van der Waals surface area (Å²) in [6, 6.07) is 51.3. The van der Waals surface area contributed by atoms with Crippen molar-refractivity contribution in [3.8, 4) is 11.1 Å². The average molecular weight is 567 g/mol. The van der Waals surface area contributed by atoms with Crippen molar-refractivity contribution in [2.24, 2.45) is 0 Å². The molecular formula is C40H42N2O. The molecular weight excluding hydrogens is 524 g/mol. The fourth-order valence-electron chi connectivity index (χ4n) is 5.74. The van der Waals surface area contributed by atoms with Gasteiger partial charge >= 0.3 is 0 Å². The highest BCUT2D eigenvalue weighted by Gasteiger charge is 2.24. The van der Waals surface area contributed by atoms with E-state index in [1.165, 1.54) is 27.8 Å². The van der Waals surface area contributed by atoms with E-state index in [9.17, 15) is 4.79 Å². The van der Waals surface area contributed by atoms with Crippen LogP contribution in [0.1, 0.15) is 48.1 Å². The molecule has 2 atom stereocenters. The van der Waals surface area contributed by atoms with Crippen LogP contribution < -0.4 is 0 Å². The van der Waals surface area contributed by atoms with Crippen molar-refractivity contribution in [3.05, 3.63) is 168 Å². The zero-order valence-electron chi connectivity index (χ0n) is 25.3. The minimum absolute atomic E-state index is 0.0300. The number of carbonyl (C=O) groups excluding carboxylic acids is 1. The highest BCUT2D eigenvalue weighted by molar-refractivity contribution is 5.76. The van der Waals surface area contributed by atoms with E-state index >= 15 is 0 Å². The van der Waals surface area contributed by atoms with Crippen LogP contribution in [0, 0.1) is 0 Å². The van der Waals surface area contributed by atoms with E-state index < -0.39 is 0 Å². The van der Waals surface area contributed by atoms with Gasteiger partial charge < -0.3 is 4.90 Å². The first kappa shape index (κ1) is 30.0. The topological polar surface area (TPSA) is 23.6 Å². The Hall–Kier alpha value is -4.47. The molecule has 0 aromatic heterocycles. The predicted octanol–water partition coefficient (Wildman–Crippen LogP) is 8.97. The Morgan fingerprint density at radius 2 is 1.05 bits per heavy atom. The van der Waals surface area contributed by atoms with Crippen molar-refractivity contribution < 1.29 is 4.79 Å². The van der Waals surface area contributed by atoms with E-state index in [1.54, 1.807) is 0 Å². The number of hydrogen-bond acceptors (Lipinski definition) is 2. The fourth-order valence-corrected chi connectivity index (χ4v) is 5.74. The lowest BCUT2D eigenvalue weighted by Gasteiger charge is -2.33. The summed E-state index contributed by atoms with van der Waals surface area (Å²) in [4.78, 5) is 18.0. The SMILES string of the molecule is C[C@@H](c1ccccc1)N(C)C(=O)CC[C@@H](Cc1ccc(-c2ccccc2)cc1)N(Cc1ccccc1)Cc1ccccc1. The van der Waals surface area contributed by atoms with Gasteiger partial charge in [0.1, 0.15) is 0 Å². The first-order valence-electron chi connectivity index (χ1n) is 15.3. The lowest BCUT2D eigenvalue weighted by molar-refractivity contribution is -0.132. The van der Waals surface area contributed by atoms with Crippen LogP contribution in [0.3, 0.4) is 0 Å². The van der Waals surface area contributed by atoms with Gasteiger partial charge in [0, 0.05) is 32.6 Å². The van der Waals surface area contributed by atoms with Gasteiger partial charge in [-0.1, -0.05) is 146 Å². The van der Waals surface area contributed by atoms with Gasteiger partial charge in [0.15, 0.2) is 0 Å². The second-order valence-electron chi connectivity index (χ2n) is 11.4. The summed E-state index contributed by atoms with van der Waals surface area (Å²) in [5.41, 5.74) is 7.45. The Bertz CT molecular complexity index is 1480. The van der Waals surface area contributed by atoms with E-state index in [4.69, 9.17) is 0 Å². The molecule has 0 aliphatic rings. The number of carbonyl (C=O) groups is 1. The normalized spacial score (nSPS) is 12.5. The lowest BCUT2D eigenvalue weighted by atomic mass is 9.96. The Balaban J connectivity index is 1.38. The molecule has 0 N–H and O–H groups in total. The van der Waals surface area contributed by atoms with E-state index in [-0.39, 0.29) is 18.0 Å². The number of amides is 1. The summed E-state index contributed by atoms with van der Waals surface area (Å²) in [6.45, 7) is 3.76. The van der Waals surface area contributed by atoms with Crippen molar-refractivity contribution >= 4 is 5.91 Å². The van der Waals surface area contributed by atoms with Crippen LogP contribution in [-0.2, 0) is 24.3 Å². The molecule has 0 aliphatic heterocycles. The highest BCUT2D eigenvalue weighted by Crippen LogP contribution is 2.25. The smallest absolute Gasteiger partial charge is 0.222 e. The van der Waals surface area contributed by atoms with Crippen LogP contribution in [0.5, 0.6) is 0 Å². The molecule has 43 heavy (non-hydrogen) atoms. The quantitative estimate of drug-likeness (QED) is 0.142. The second kappa shape index (κ2) is 15.1. The van der Waals surface area contributed by atoms with E-state index in [2.05, 4.69) is 139 Å². The van der Waals surface area contributed by atoms with Gasteiger partial charge in [-0.15, -0.1) is 0 Å². The summed E-state index contributed by atoms with van der Waals surface area (Å²) in [5.74, 6) is 0.181. The fraction of sp³-hybridized carbons (Fsp3) is 0.225. The van der Waals surface area contributed by atoms with Gasteiger partial charge in [-0.2, -0.15) is 0 Å². The maximum Gasteiger partial charge on any atom is 0.222 e. The molecule has 3 heteroatoms. The molecule has 1 amide bonds. The summed E-state index contributed by atoms with van der Waals surface area (Å²) in [5, 5.41) is 0. The maximum atomic E-state index is 13.6. The lowest BCUT2D eigenvalue weighted by Crippen LogP contribution is -2.38. The third kappa shape index (κ3) is 8.53. The van der Waals surface area contributed by atoms with Crippen LogP contribution >= 0.6 is 0 Å². The molecule has 5 aromatic rings. The molecule has 0 bridgehead atoms. The van der Waals surface area contributed by atoms with E-state index in [0.29, 0.717) is 6.42 Å². The number of rotatable bonds is 13. The highest BCUT2D eigenvalue weighted by atomic mass is 16.2. The monoisotopic (exact) mass is 566 g/mol. The molecule has 0 unspecified atom stereocenters. The molecule has 5 aromatic carbocycles. The van der Waals surface area contributed by atoms with E-state index in [1.807, 2.05) is 30.1 Å². The first-order valence-corrected chi connectivity index (χ1v) is 15.3. The Labute approximate surface area is 257 Å². The minimum atomic E-state index is 0.0300. The molecule has 0 fully saturated rings. The van der Waals surface area contributed by atoms with Crippen LogP contribution in [0.15, 0.2) is 146 Å². The van der Waals surface area contributed by atoms with Gasteiger partial charge in [0.25, 0.3) is 0 Å². The minimum Gasteiger partial charge on any atom is -0.339 e. The van der Waals surface area contributed by atoms with Gasteiger partial charge in [-0.25, -0.2) is 0 Å². The maximum absolute atomic E-state index is 13.6. The standard InChI is InChI=1S/C40H42N2O/c1-32(36-19-11-5-12-20-36)41(2)40(43)28-27-39(29-33-23-25-38(26-24-33)37-21-13-6-14-22-37)42(30-34-15-7-3-8-16-34)31-35-17-9-4-10-18-35/h3-26,32,39H,27-31H2,1-2H3/t32-,39-/m0/s1. The molecule has 5 rings (SSSR count). The number of hydrogen-bond donors (Lipinski definition) is 0. The molecule has 0 heterocycles. The van der Waals surface area contributed by atoms with Crippen LogP contribution in [0.25, 0.3) is 11.1 Å². The molecule has 0 saturated carbocycles. The van der Waals surface area contributed by atoms with Gasteiger partial charge in [0.2, 0.25) is 5.91 Å². The van der Waals surface area contributed by atoms with Gasteiger partial charge in [0.05, 0.1) is 6.04 Å². The van der Waals surface area contributed by atoms with Gasteiger partial charge in [-0.3, -0.25) is 9.69 Å². The summed E-state index contributed by atoms with van der Waals surface area (Å²) < 4.78 is 0. The zero-order chi connectivity index (χ0) is 29.9. The summed E-state index contributed by atoms with van der Waals surface area (Å²) in [6.07, 6.45) is 2.16. The number of benzene rings is 5.